The fraction of sp³-hybridized carbons (Fsp3) is 0.467. The second-order valence-corrected chi connectivity index (χ2v) is 9.17. The number of aromatic nitrogens is 1. The van der Waals surface area contributed by atoms with Crippen molar-refractivity contribution in [3.05, 3.63) is 23.6 Å². The van der Waals surface area contributed by atoms with Crippen LogP contribution in [0.15, 0.2) is 20.9 Å². The van der Waals surface area contributed by atoms with Crippen LogP contribution in [0, 0.1) is 19.8 Å². The topological polar surface area (TPSA) is 106 Å². The first-order chi connectivity index (χ1) is 11.3. The molecule has 2 aromatic heterocycles. The van der Waals surface area contributed by atoms with Crippen LogP contribution >= 0.6 is 11.3 Å². The highest BCUT2D eigenvalue weighted by Crippen LogP contribution is 2.36. The van der Waals surface area contributed by atoms with E-state index in [0.29, 0.717) is 25.1 Å². The first kappa shape index (κ1) is 17.1. The van der Waals surface area contributed by atoms with Crippen molar-refractivity contribution in [2.24, 2.45) is 11.7 Å². The van der Waals surface area contributed by atoms with Gasteiger partial charge in [-0.2, -0.15) is 4.31 Å². The first-order valence-electron chi connectivity index (χ1n) is 7.63. The van der Waals surface area contributed by atoms with Crippen LogP contribution in [0.5, 0.6) is 0 Å². The van der Waals surface area contributed by atoms with Gasteiger partial charge in [0, 0.05) is 18.0 Å². The van der Waals surface area contributed by atoms with E-state index < -0.39 is 21.8 Å². The van der Waals surface area contributed by atoms with Crippen molar-refractivity contribution in [3.63, 3.8) is 0 Å². The maximum absolute atomic E-state index is 12.9. The average Bonchev–Trinajstić information content (AvgIpc) is 3.14. The summed E-state index contributed by atoms with van der Waals surface area (Å²) in [6, 6.07) is 3.36. The van der Waals surface area contributed by atoms with Gasteiger partial charge in [0.1, 0.15) is 9.97 Å². The van der Waals surface area contributed by atoms with Gasteiger partial charge in [0.25, 0.3) is 10.0 Å². The maximum Gasteiger partial charge on any atom is 0.252 e. The minimum absolute atomic E-state index is 0.149. The predicted octanol–water partition coefficient (Wildman–Crippen LogP) is 1.91. The second-order valence-electron chi connectivity index (χ2n) is 5.92. The highest BCUT2D eigenvalue weighted by Gasteiger charge is 2.33. The molecule has 1 saturated heterocycles. The van der Waals surface area contributed by atoms with Crippen LogP contribution in [0.25, 0.3) is 10.4 Å². The lowest BCUT2D eigenvalue weighted by Gasteiger charge is -2.29. The normalized spacial score (nSPS) is 19.5. The van der Waals surface area contributed by atoms with Crippen LogP contribution in [0.3, 0.4) is 0 Å². The van der Waals surface area contributed by atoms with E-state index in [1.54, 1.807) is 19.1 Å². The SMILES string of the molecule is Cc1noc(C)c1-c1ccc(S(=O)(=O)N2CCCC(C(N)=O)C2)s1. The lowest BCUT2D eigenvalue weighted by atomic mass is 9.99. The van der Waals surface area contributed by atoms with Gasteiger partial charge in [-0.25, -0.2) is 8.42 Å². The zero-order valence-corrected chi connectivity index (χ0v) is 15.1. The molecule has 1 aliphatic heterocycles. The van der Waals surface area contributed by atoms with Gasteiger partial charge in [-0.1, -0.05) is 5.16 Å². The Morgan fingerprint density at radius 3 is 2.79 bits per heavy atom. The maximum atomic E-state index is 12.9. The van der Waals surface area contributed by atoms with E-state index in [1.807, 2.05) is 6.92 Å². The zero-order chi connectivity index (χ0) is 17.5. The second kappa shape index (κ2) is 6.30. The standard InChI is InChI=1S/C15H19N3O4S2/c1-9-14(10(2)22-17-9)12-5-6-13(23-12)24(20,21)18-7-3-4-11(8-18)15(16)19/h5-6,11H,3-4,7-8H2,1-2H3,(H2,16,19). The third-order valence-electron chi connectivity index (χ3n) is 4.24. The van der Waals surface area contributed by atoms with Crippen LogP contribution in [0.1, 0.15) is 24.3 Å². The van der Waals surface area contributed by atoms with Gasteiger partial charge < -0.3 is 10.3 Å². The monoisotopic (exact) mass is 369 g/mol. The Hall–Kier alpha value is -1.71. The number of sulfonamides is 1. The van der Waals surface area contributed by atoms with Gasteiger partial charge in [0.15, 0.2) is 0 Å². The lowest BCUT2D eigenvalue weighted by molar-refractivity contribution is -0.122. The Balaban J connectivity index is 1.90. The molecule has 1 amide bonds. The number of carbonyl (C=O) groups is 1. The molecule has 0 aliphatic carbocycles. The summed E-state index contributed by atoms with van der Waals surface area (Å²) in [4.78, 5) is 12.2. The quantitative estimate of drug-likeness (QED) is 0.886. The summed E-state index contributed by atoms with van der Waals surface area (Å²) in [7, 11) is -3.63. The van der Waals surface area contributed by atoms with Crippen LogP contribution in [-0.4, -0.2) is 36.9 Å². The molecule has 2 aromatic rings. The third kappa shape index (κ3) is 2.99. The minimum atomic E-state index is -3.63. The van der Waals surface area contributed by atoms with E-state index >= 15 is 0 Å². The largest absolute Gasteiger partial charge is 0.369 e. The summed E-state index contributed by atoms with van der Waals surface area (Å²) >= 11 is 1.18. The number of hydrogen-bond donors (Lipinski definition) is 1. The molecule has 0 spiro atoms. The van der Waals surface area contributed by atoms with E-state index in [9.17, 15) is 13.2 Å². The van der Waals surface area contributed by atoms with Crippen molar-refractivity contribution in [2.45, 2.75) is 30.9 Å². The number of carbonyl (C=O) groups excluding carboxylic acids is 1. The molecule has 130 valence electrons. The molecule has 24 heavy (non-hydrogen) atoms. The summed E-state index contributed by atoms with van der Waals surface area (Å²) < 4.78 is 32.5. The molecule has 1 unspecified atom stereocenters. The highest BCUT2D eigenvalue weighted by atomic mass is 32.2. The van der Waals surface area contributed by atoms with E-state index in [-0.39, 0.29) is 10.8 Å². The predicted molar refractivity (Wildman–Crippen MR) is 90.0 cm³/mol. The number of hydrogen-bond acceptors (Lipinski definition) is 6. The van der Waals surface area contributed by atoms with Crippen molar-refractivity contribution in [3.8, 4) is 10.4 Å². The Labute approximate surface area is 144 Å². The molecule has 2 N–H and O–H groups in total. The molecule has 0 bridgehead atoms. The molecule has 3 rings (SSSR count). The van der Waals surface area contributed by atoms with Crippen molar-refractivity contribution in [2.75, 3.05) is 13.1 Å². The van der Waals surface area contributed by atoms with Crippen molar-refractivity contribution in [1.82, 2.24) is 9.46 Å². The van der Waals surface area contributed by atoms with E-state index in [2.05, 4.69) is 5.16 Å². The van der Waals surface area contributed by atoms with Gasteiger partial charge in [0.05, 0.1) is 17.2 Å². The Morgan fingerprint density at radius 2 is 2.17 bits per heavy atom. The zero-order valence-electron chi connectivity index (χ0n) is 13.5. The number of thiophene rings is 1. The molecule has 0 saturated carbocycles. The van der Waals surface area contributed by atoms with Crippen molar-refractivity contribution >= 4 is 27.3 Å². The molecule has 0 radical (unpaired) electrons. The van der Waals surface area contributed by atoms with E-state index in [1.165, 1.54) is 15.6 Å². The smallest absolute Gasteiger partial charge is 0.252 e. The third-order valence-corrected chi connectivity index (χ3v) is 7.68. The van der Waals surface area contributed by atoms with Crippen LogP contribution < -0.4 is 5.73 Å². The number of aryl methyl sites for hydroxylation is 2. The van der Waals surface area contributed by atoms with Crippen LogP contribution in [-0.2, 0) is 14.8 Å². The number of piperidine rings is 1. The fourth-order valence-corrected chi connectivity index (χ4v) is 6.08. The molecular weight excluding hydrogens is 350 g/mol. The number of nitrogens with two attached hydrogens (primary N) is 1. The highest BCUT2D eigenvalue weighted by molar-refractivity contribution is 7.91. The van der Waals surface area contributed by atoms with Crippen LogP contribution in [0.4, 0.5) is 0 Å². The molecule has 9 heteroatoms. The molecule has 3 heterocycles. The summed E-state index contributed by atoms with van der Waals surface area (Å²) in [6.45, 7) is 4.17. The average molecular weight is 369 g/mol. The van der Waals surface area contributed by atoms with Gasteiger partial charge in [-0.15, -0.1) is 11.3 Å². The molecule has 1 fully saturated rings. The number of rotatable bonds is 4. The van der Waals surface area contributed by atoms with E-state index in [4.69, 9.17) is 10.3 Å². The number of nitrogens with zero attached hydrogens (tertiary/aromatic N) is 2. The Bertz CT molecular complexity index is 850. The molecular formula is C15H19N3O4S2. The number of amides is 1. The van der Waals surface area contributed by atoms with Gasteiger partial charge >= 0.3 is 0 Å². The van der Waals surface area contributed by atoms with Gasteiger partial charge in [-0.05, 0) is 38.8 Å². The lowest BCUT2D eigenvalue weighted by Crippen LogP contribution is -2.43. The summed E-state index contributed by atoms with van der Waals surface area (Å²) in [5, 5.41) is 3.90. The van der Waals surface area contributed by atoms with Gasteiger partial charge in [-0.3, -0.25) is 4.79 Å². The molecule has 7 nitrogen and oxygen atoms in total. The summed E-state index contributed by atoms with van der Waals surface area (Å²) in [5.74, 6) is -0.210. The summed E-state index contributed by atoms with van der Waals surface area (Å²) in [6.07, 6.45) is 1.27. The van der Waals surface area contributed by atoms with Crippen molar-refractivity contribution in [1.29, 1.82) is 0 Å². The van der Waals surface area contributed by atoms with Crippen LogP contribution in [0.2, 0.25) is 0 Å². The Morgan fingerprint density at radius 1 is 1.42 bits per heavy atom. The minimum Gasteiger partial charge on any atom is -0.369 e. The number of primary amides is 1. The van der Waals surface area contributed by atoms with Gasteiger partial charge in [0.2, 0.25) is 5.91 Å². The first-order valence-corrected chi connectivity index (χ1v) is 9.89. The van der Waals surface area contributed by atoms with Crippen molar-refractivity contribution < 1.29 is 17.7 Å². The molecule has 1 aliphatic rings. The molecule has 1 atom stereocenters. The Kier molecular flexibility index (Phi) is 4.50. The fourth-order valence-electron chi connectivity index (χ4n) is 2.95. The summed E-state index contributed by atoms with van der Waals surface area (Å²) in [5.41, 5.74) is 6.89. The van der Waals surface area contributed by atoms with E-state index in [0.717, 1.165) is 16.1 Å². The molecule has 0 aromatic carbocycles.